The highest BCUT2D eigenvalue weighted by Crippen LogP contribution is 2.34. The van der Waals surface area contributed by atoms with Crippen molar-refractivity contribution in [2.45, 2.75) is 18.3 Å². The molecule has 2 N–H and O–H groups in total. The average molecular weight is 409 g/mol. The van der Waals surface area contributed by atoms with E-state index in [0.717, 1.165) is 11.6 Å². The number of nitrogens with one attached hydrogen (secondary N) is 2. The number of hydrogen-bond donors (Lipinski definition) is 2. The zero-order valence-corrected chi connectivity index (χ0v) is 15.7. The molecule has 0 aliphatic carbocycles. The molecule has 148 valence electrons. The average Bonchev–Trinajstić information content (AvgIpc) is 2.70. The number of carbonyl (C=O) groups excluding carboxylic acids is 2. The third-order valence-electron chi connectivity index (χ3n) is 4.88. The predicted molar refractivity (Wildman–Crippen MR) is 101 cm³/mol. The van der Waals surface area contributed by atoms with Crippen molar-refractivity contribution in [3.8, 4) is 0 Å². The van der Waals surface area contributed by atoms with Crippen molar-refractivity contribution >= 4 is 29.1 Å². The molecule has 0 radical (unpaired) electrons. The zero-order valence-electron chi connectivity index (χ0n) is 14.9. The number of halogens is 3. The first-order valence-corrected chi connectivity index (χ1v) is 9.15. The molecule has 0 atom stereocenters. The van der Waals surface area contributed by atoms with E-state index in [4.69, 9.17) is 16.3 Å². The Kier molecular flexibility index (Phi) is 6.26. The summed E-state index contributed by atoms with van der Waals surface area (Å²) < 4.78 is 31.9. The van der Waals surface area contributed by atoms with Crippen LogP contribution in [0.2, 0.25) is 5.02 Å². The van der Waals surface area contributed by atoms with Crippen molar-refractivity contribution in [1.82, 2.24) is 5.32 Å². The summed E-state index contributed by atoms with van der Waals surface area (Å²) in [5.74, 6) is -2.67. The Morgan fingerprint density at radius 2 is 1.71 bits per heavy atom. The van der Waals surface area contributed by atoms with Crippen LogP contribution in [0.3, 0.4) is 0 Å². The monoisotopic (exact) mass is 408 g/mol. The molecular weight excluding hydrogens is 390 g/mol. The fourth-order valence-corrected chi connectivity index (χ4v) is 3.41. The smallest absolute Gasteiger partial charge is 0.313 e. The van der Waals surface area contributed by atoms with Gasteiger partial charge in [-0.3, -0.25) is 9.59 Å². The third-order valence-corrected chi connectivity index (χ3v) is 5.17. The van der Waals surface area contributed by atoms with E-state index in [1.807, 2.05) is 0 Å². The third kappa shape index (κ3) is 4.66. The quantitative estimate of drug-likeness (QED) is 0.762. The molecular formula is C20H19ClF2N2O3. The van der Waals surface area contributed by atoms with Crippen LogP contribution in [0.25, 0.3) is 0 Å². The van der Waals surface area contributed by atoms with Crippen molar-refractivity contribution in [2.24, 2.45) is 0 Å². The number of carbonyl (C=O) groups is 2. The van der Waals surface area contributed by atoms with Crippen LogP contribution in [0.15, 0.2) is 42.5 Å². The summed E-state index contributed by atoms with van der Waals surface area (Å²) in [7, 11) is 0. The van der Waals surface area contributed by atoms with Gasteiger partial charge < -0.3 is 15.4 Å². The molecule has 2 aromatic rings. The molecule has 0 saturated carbocycles. The van der Waals surface area contributed by atoms with Gasteiger partial charge in [0.25, 0.3) is 0 Å². The molecule has 0 bridgehead atoms. The molecule has 0 aromatic heterocycles. The summed E-state index contributed by atoms with van der Waals surface area (Å²) in [6.45, 7) is 1.22. The van der Waals surface area contributed by atoms with Crippen LogP contribution in [-0.4, -0.2) is 31.6 Å². The lowest BCUT2D eigenvalue weighted by molar-refractivity contribution is -0.136. The van der Waals surface area contributed by atoms with Gasteiger partial charge in [-0.15, -0.1) is 0 Å². The highest BCUT2D eigenvalue weighted by Gasteiger charge is 2.35. The normalized spacial score (nSPS) is 15.7. The van der Waals surface area contributed by atoms with Crippen LogP contribution in [-0.2, 0) is 19.7 Å². The Morgan fingerprint density at radius 3 is 2.36 bits per heavy atom. The van der Waals surface area contributed by atoms with E-state index in [1.165, 1.54) is 24.3 Å². The summed E-state index contributed by atoms with van der Waals surface area (Å²) in [4.78, 5) is 24.4. The van der Waals surface area contributed by atoms with Crippen LogP contribution in [0, 0.1) is 11.6 Å². The van der Waals surface area contributed by atoms with E-state index in [1.54, 1.807) is 12.1 Å². The largest absolute Gasteiger partial charge is 0.381 e. The van der Waals surface area contributed by atoms with Crippen molar-refractivity contribution in [1.29, 1.82) is 0 Å². The van der Waals surface area contributed by atoms with Crippen LogP contribution in [0.5, 0.6) is 0 Å². The van der Waals surface area contributed by atoms with Crippen molar-refractivity contribution in [3.05, 3.63) is 64.7 Å². The summed E-state index contributed by atoms with van der Waals surface area (Å²) in [5.41, 5.74) is 0.648. The molecule has 28 heavy (non-hydrogen) atoms. The van der Waals surface area contributed by atoms with Gasteiger partial charge in [-0.1, -0.05) is 23.7 Å². The van der Waals surface area contributed by atoms with Crippen molar-refractivity contribution in [3.63, 3.8) is 0 Å². The van der Waals surface area contributed by atoms with Gasteiger partial charge in [-0.05, 0) is 48.7 Å². The number of benzene rings is 2. The van der Waals surface area contributed by atoms with E-state index in [0.29, 0.717) is 26.1 Å². The van der Waals surface area contributed by atoms with Gasteiger partial charge in [0.2, 0.25) is 0 Å². The molecule has 1 aliphatic rings. The number of hydrogen-bond acceptors (Lipinski definition) is 3. The number of rotatable bonds is 4. The maximum atomic E-state index is 13.3. The molecule has 1 heterocycles. The van der Waals surface area contributed by atoms with Gasteiger partial charge in [0.1, 0.15) is 11.6 Å². The van der Waals surface area contributed by atoms with E-state index in [9.17, 15) is 18.4 Å². The second-order valence-corrected chi connectivity index (χ2v) is 7.07. The van der Waals surface area contributed by atoms with Crippen LogP contribution >= 0.6 is 11.6 Å². The Bertz CT molecular complexity index is 868. The predicted octanol–water partition coefficient (Wildman–Crippen LogP) is 3.42. The van der Waals surface area contributed by atoms with Crippen molar-refractivity contribution < 1.29 is 23.1 Å². The Labute approximate surface area is 166 Å². The van der Waals surface area contributed by atoms with Crippen molar-refractivity contribution in [2.75, 3.05) is 25.1 Å². The lowest BCUT2D eigenvalue weighted by atomic mass is 9.74. The van der Waals surface area contributed by atoms with Gasteiger partial charge in [0.15, 0.2) is 0 Å². The van der Waals surface area contributed by atoms with Crippen LogP contribution in [0.4, 0.5) is 14.5 Å². The molecule has 1 saturated heterocycles. The summed E-state index contributed by atoms with van der Waals surface area (Å²) in [6.07, 6.45) is 1.27. The number of anilines is 1. The maximum absolute atomic E-state index is 13.3. The van der Waals surface area contributed by atoms with E-state index in [2.05, 4.69) is 10.6 Å². The van der Waals surface area contributed by atoms with Crippen LogP contribution < -0.4 is 10.6 Å². The molecule has 1 aliphatic heterocycles. The number of ether oxygens (including phenoxy) is 1. The first-order chi connectivity index (χ1) is 13.4. The van der Waals surface area contributed by atoms with Gasteiger partial charge >= 0.3 is 11.8 Å². The Morgan fingerprint density at radius 1 is 1.04 bits per heavy atom. The standard InChI is InChI=1S/C20H19ClF2N2O3/c21-16-11-15(5-6-17(16)23)25-19(27)18(26)24-12-20(7-9-28-10-8-20)13-1-3-14(22)4-2-13/h1-6,11H,7-10,12H2,(H,24,26)(H,25,27). The van der Waals surface area contributed by atoms with E-state index < -0.39 is 23.0 Å². The highest BCUT2D eigenvalue weighted by molar-refractivity contribution is 6.39. The topological polar surface area (TPSA) is 67.4 Å². The summed E-state index contributed by atoms with van der Waals surface area (Å²) in [6, 6.07) is 9.76. The summed E-state index contributed by atoms with van der Waals surface area (Å²) in [5, 5.41) is 4.87. The molecule has 0 unspecified atom stereocenters. The molecule has 0 spiro atoms. The Hall–Kier alpha value is -2.51. The first kappa shape index (κ1) is 20.2. The van der Waals surface area contributed by atoms with E-state index >= 15 is 0 Å². The number of amides is 2. The van der Waals surface area contributed by atoms with Gasteiger partial charge in [0, 0.05) is 30.9 Å². The fraction of sp³-hybridized carbons (Fsp3) is 0.300. The second kappa shape index (κ2) is 8.67. The lowest BCUT2D eigenvalue weighted by Crippen LogP contribution is -2.47. The minimum atomic E-state index is -0.885. The Balaban J connectivity index is 1.66. The van der Waals surface area contributed by atoms with Gasteiger partial charge in [0.05, 0.1) is 5.02 Å². The highest BCUT2D eigenvalue weighted by atomic mass is 35.5. The SMILES string of the molecule is O=C(NCC1(c2ccc(F)cc2)CCOCC1)C(=O)Nc1ccc(F)c(Cl)c1. The van der Waals surface area contributed by atoms with Gasteiger partial charge in [-0.2, -0.15) is 0 Å². The molecule has 5 nitrogen and oxygen atoms in total. The maximum Gasteiger partial charge on any atom is 0.313 e. The zero-order chi connectivity index (χ0) is 20.1. The molecule has 3 rings (SSSR count). The minimum Gasteiger partial charge on any atom is -0.381 e. The fourth-order valence-electron chi connectivity index (χ4n) is 3.22. The summed E-state index contributed by atoms with van der Waals surface area (Å²) >= 11 is 5.67. The van der Waals surface area contributed by atoms with E-state index in [-0.39, 0.29) is 23.1 Å². The first-order valence-electron chi connectivity index (χ1n) is 8.78. The molecule has 8 heteroatoms. The molecule has 2 aromatic carbocycles. The molecule has 1 fully saturated rings. The van der Waals surface area contributed by atoms with Crippen LogP contribution in [0.1, 0.15) is 18.4 Å². The molecule has 2 amide bonds. The minimum absolute atomic E-state index is 0.157. The van der Waals surface area contributed by atoms with Gasteiger partial charge in [-0.25, -0.2) is 8.78 Å². The second-order valence-electron chi connectivity index (χ2n) is 6.67. The lowest BCUT2D eigenvalue weighted by Gasteiger charge is -2.37.